The van der Waals surface area contributed by atoms with E-state index in [9.17, 15) is 4.79 Å². The number of nitrogens with zero attached hydrogens (tertiary/aromatic N) is 3. The van der Waals surface area contributed by atoms with Gasteiger partial charge in [0.25, 0.3) is 0 Å². The van der Waals surface area contributed by atoms with Crippen LogP contribution in [0.4, 0.5) is 0 Å². The molecule has 2 aromatic heterocycles. The van der Waals surface area contributed by atoms with Gasteiger partial charge in [-0.1, -0.05) is 0 Å². The molecule has 0 aliphatic rings. The van der Waals surface area contributed by atoms with E-state index < -0.39 is 5.97 Å². The van der Waals surface area contributed by atoms with E-state index in [0.717, 1.165) is 5.56 Å². The van der Waals surface area contributed by atoms with Crippen molar-refractivity contribution in [1.29, 1.82) is 0 Å². The number of carboxylic acid groups (broad SMARTS) is 1. The number of aromatic nitrogens is 3. The normalized spacial score (nSPS) is 11.3. The third-order valence-corrected chi connectivity index (χ3v) is 2.59. The van der Waals surface area contributed by atoms with E-state index in [0.29, 0.717) is 18.7 Å². The Morgan fingerprint density at radius 1 is 1.43 bits per heavy atom. The molecule has 0 amide bonds. The number of carboxylic acids is 1. The van der Waals surface area contributed by atoms with Gasteiger partial charge in [-0.25, -0.2) is 4.98 Å². The second kappa shape index (κ2) is 7.81. The van der Waals surface area contributed by atoms with Gasteiger partial charge in [-0.2, -0.15) is 0 Å². The quantitative estimate of drug-likeness (QED) is 0.567. The first-order valence-electron chi connectivity index (χ1n) is 6.45. The highest BCUT2D eigenvalue weighted by molar-refractivity contribution is 5.72. The first-order chi connectivity index (χ1) is 10.3. The van der Waals surface area contributed by atoms with E-state index in [-0.39, 0.29) is 6.42 Å². The molecule has 0 saturated heterocycles. The summed E-state index contributed by atoms with van der Waals surface area (Å²) in [5.74, 6) is -0.833. The minimum atomic E-state index is -0.833. The van der Waals surface area contributed by atoms with Gasteiger partial charge in [-0.05, 0) is 18.6 Å². The molecule has 0 saturated carbocycles. The number of imidazole rings is 1. The molecule has 0 bridgehead atoms. The van der Waals surface area contributed by atoms with E-state index in [2.05, 4.69) is 15.4 Å². The zero-order valence-electron chi connectivity index (χ0n) is 11.3. The molecule has 21 heavy (non-hydrogen) atoms. The van der Waals surface area contributed by atoms with Gasteiger partial charge in [0.05, 0.1) is 18.6 Å². The Bertz CT molecular complexity index is 582. The van der Waals surface area contributed by atoms with Crippen LogP contribution in [0.5, 0.6) is 0 Å². The highest BCUT2D eigenvalue weighted by Gasteiger charge is 2.03. The molecule has 0 fully saturated rings. The molecule has 0 radical (unpaired) electrons. The van der Waals surface area contributed by atoms with Crippen molar-refractivity contribution in [2.45, 2.75) is 12.8 Å². The molecule has 0 unspecified atom stereocenters. The molecule has 110 valence electrons. The molecular formula is C14H16N4O3. The van der Waals surface area contributed by atoms with Crippen molar-refractivity contribution < 1.29 is 14.7 Å². The lowest BCUT2D eigenvalue weighted by Gasteiger charge is -2.11. The Kier molecular flexibility index (Phi) is 5.48. The van der Waals surface area contributed by atoms with Gasteiger partial charge in [0.2, 0.25) is 0 Å². The van der Waals surface area contributed by atoms with Crippen molar-refractivity contribution in [3.05, 3.63) is 48.8 Å². The van der Waals surface area contributed by atoms with Crippen LogP contribution in [0.1, 0.15) is 18.4 Å². The summed E-state index contributed by atoms with van der Waals surface area (Å²) in [5.41, 5.74) is 4.38. The predicted molar refractivity (Wildman–Crippen MR) is 76.6 cm³/mol. The summed E-state index contributed by atoms with van der Waals surface area (Å²) < 4.78 is 1.77. The fourth-order valence-electron chi connectivity index (χ4n) is 1.60. The maximum atomic E-state index is 10.4. The van der Waals surface area contributed by atoms with Crippen LogP contribution in [0, 0.1) is 0 Å². The number of aliphatic carboxylic acids is 1. The first-order valence-corrected chi connectivity index (χ1v) is 6.45. The zero-order chi connectivity index (χ0) is 14.9. The highest BCUT2D eigenvalue weighted by atomic mass is 16.6. The second-order valence-electron chi connectivity index (χ2n) is 4.24. The molecule has 0 spiro atoms. The van der Waals surface area contributed by atoms with Gasteiger partial charge in [0, 0.05) is 43.0 Å². The molecule has 7 nitrogen and oxygen atoms in total. The smallest absolute Gasteiger partial charge is 0.303 e. The average Bonchev–Trinajstić information content (AvgIpc) is 2.99. The van der Waals surface area contributed by atoms with Gasteiger partial charge in [-0.15, -0.1) is 0 Å². The van der Waals surface area contributed by atoms with Crippen molar-refractivity contribution >= 4 is 17.9 Å². The molecule has 2 rings (SSSR count). The van der Waals surface area contributed by atoms with Crippen molar-refractivity contribution in [1.82, 2.24) is 20.0 Å². The molecule has 2 N–H and O–H groups in total. The number of hydrogen-bond donors (Lipinski definition) is 2. The molecule has 0 aromatic carbocycles. The number of hydrogen-bond acceptors (Lipinski definition) is 5. The van der Waals surface area contributed by atoms with Crippen molar-refractivity contribution in [3.63, 3.8) is 0 Å². The summed E-state index contributed by atoms with van der Waals surface area (Å²) in [6.07, 6.45) is 10.8. The Morgan fingerprint density at radius 2 is 2.33 bits per heavy atom. The van der Waals surface area contributed by atoms with Crippen LogP contribution in [0.25, 0.3) is 11.9 Å². The van der Waals surface area contributed by atoms with Gasteiger partial charge in [0.15, 0.2) is 0 Å². The topological polar surface area (TPSA) is 89.3 Å². The first kappa shape index (κ1) is 14.7. The van der Waals surface area contributed by atoms with E-state index in [1.807, 2.05) is 12.1 Å². The van der Waals surface area contributed by atoms with E-state index in [1.165, 1.54) is 0 Å². The van der Waals surface area contributed by atoms with Crippen LogP contribution in [0.3, 0.4) is 0 Å². The van der Waals surface area contributed by atoms with E-state index >= 15 is 0 Å². The number of nitrogens with one attached hydrogen (secondary N) is 1. The summed E-state index contributed by atoms with van der Waals surface area (Å²) in [6.45, 7) is 0.299. The molecule has 0 aliphatic heterocycles. The van der Waals surface area contributed by atoms with E-state index in [4.69, 9.17) is 9.94 Å². The van der Waals surface area contributed by atoms with E-state index in [1.54, 1.807) is 41.9 Å². The van der Waals surface area contributed by atoms with Crippen LogP contribution >= 0.6 is 0 Å². The maximum Gasteiger partial charge on any atom is 0.303 e. The molecule has 7 heteroatoms. The molecule has 0 atom stereocenters. The Labute approximate surface area is 121 Å². The average molecular weight is 288 g/mol. The third kappa shape index (κ3) is 5.07. The van der Waals surface area contributed by atoms with Crippen LogP contribution in [0.15, 0.2) is 43.2 Å². The lowest BCUT2D eigenvalue weighted by atomic mass is 10.2. The molecule has 2 heterocycles. The largest absolute Gasteiger partial charge is 0.481 e. The molecule has 2 aromatic rings. The van der Waals surface area contributed by atoms with Crippen LogP contribution in [0.2, 0.25) is 0 Å². The van der Waals surface area contributed by atoms with Gasteiger partial charge >= 0.3 is 5.97 Å². The number of carbonyl (C=O) groups is 1. The van der Waals surface area contributed by atoms with Gasteiger partial charge < -0.3 is 9.67 Å². The molecule has 0 aliphatic carbocycles. The van der Waals surface area contributed by atoms with Crippen LogP contribution in [-0.2, 0) is 9.63 Å². The number of hydroxylamine groups is 1. The highest BCUT2D eigenvalue weighted by Crippen LogP contribution is 2.11. The van der Waals surface area contributed by atoms with Crippen LogP contribution < -0.4 is 5.48 Å². The Hall–Kier alpha value is -2.67. The lowest BCUT2D eigenvalue weighted by Crippen LogP contribution is -2.15. The zero-order valence-corrected chi connectivity index (χ0v) is 11.3. The monoisotopic (exact) mass is 288 g/mol. The van der Waals surface area contributed by atoms with Crippen LogP contribution in [-0.4, -0.2) is 32.2 Å². The standard InChI is InChI=1S/C14H16N4O3/c19-14(20)4-2-8-21-17-13(10-18-7-6-16-11-18)12-3-1-5-15-9-12/h1,3,5-7,9-11,17H,2,4,8H2,(H,19,20). The third-order valence-electron chi connectivity index (χ3n) is 2.59. The maximum absolute atomic E-state index is 10.4. The summed E-state index contributed by atoms with van der Waals surface area (Å²) in [6, 6.07) is 3.71. The fourth-order valence-corrected chi connectivity index (χ4v) is 1.60. The minimum absolute atomic E-state index is 0.0785. The fraction of sp³-hybridized carbons (Fsp3) is 0.214. The summed E-state index contributed by atoms with van der Waals surface area (Å²) in [4.78, 5) is 23.8. The Balaban J connectivity index is 1.98. The van der Waals surface area contributed by atoms with Crippen molar-refractivity contribution in [2.75, 3.05) is 6.61 Å². The number of pyridine rings is 1. The molecular weight excluding hydrogens is 272 g/mol. The summed E-state index contributed by atoms with van der Waals surface area (Å²) in [5, 5.41) is 8.57. The summed E-state index contributed by atoms with van der Waals surface area (Å²) >= 11 is 0. The SMILES string of the molecule is O=C(O)CCCONC(=Cn1ccnc1)c1cccnc1. The van der Waals surface area contributed by atoms with Crippen molar-refractivity contribution in [3.8, 4) is 0 Å². The van der Waals surface area contributed by atoms with Crippen molar-refractivity contribution in [2.24, 2.45) is 0 Å². The minimum Gasteiger partial charge on any atom is -0.481 e. The van der Waals surface area contributed by atoms with Gasteiger partial charge in [-0.3, -0.25) is 20.1 Å². The second-order valence-corrected chi connectivity index (χ2v) is 4.24. The number of rotatable bonds is 8. The predicted octanol–water partition coefficient (Wildman–Crippen LogP) is 1.62. The Morgan fingerprint density at radius 3 is 3.00 bits per heavy atom. The summed E-state index contributed by atoms with van der Waals surface area (Å²) in [7, 11) is 0. The lowest BCUT2D eigenvalue weighted by molar-refractivity contribution is -0.137. The van der Waals surface area contributed by atoms with Gasteiger partial charge in [0.1, 0.15) is 0 Å².